The first-order chi connectivity index (χ1) is 25.7. The highest BCUT2D eigenvalue weighted by molar-refractivity contribution is 7.91. The summed E-state index contributed by atoms with van der Waals surface area (Å²) in [6.07, 6.45) is 7.74. The average molecular weight is 721 g/mol. The Morgan fingerprint density at radius 3 is 1.47 bits per heavy atom. The lowest BCUT2D eigenvalue weighted by atomic mass is 9.65. The molecule has 0 N–H and O–H groups in total. The first kappa shape index (κ1) is 35.9. The molecular formula is C47H44O5S. The lowest BCUT2D eigenvalue weighted by molar-refractivity contribution is 0.103. The molecule has 0 heterocycles. The zero-order chi connectivity index (χ0) is 36.8. The van der Waals surface area contributed by atoms with Gasteiger partial charge in [0.05, 0.1) is 16.9 Å². The highest BCUT2D eigenvalue weighted by Gasteiger charge is 2.35. The van der Waals surface area contributed by atoms with Crippen molar-refractivity contribution in [3.8, 4) is 17.2 Å². The van der Waals surface area contributed by atoms with Gasteiger partial charge in [0.1, 0.15) is 17.2 Å². The van der Waals surface area contributed by atoms with Gasteiger partial charge in [-0.2, -0.15) is 0 Å². The minimum Gasteiger partial charge on any atom is -0.497 e. The Kier molecular flexibility index (Phi) is 10.6. The Hall–Kier alpha value is -5.46. The van der Waals surface area contributed by atoms with Crippen LogP contribution >= 0.6 is 0 Å². The molecule has 0 amide bonds. The van der Waals surface area contributed by atoms with Crippen molar-refractivity contribution in [2.24, 2.45) is 0 Å². The van der Waals surface area contributed by atoms with Crippen molar-refractivity contribution < 1.29 is 22.7 Å². The van der Waals surface area contributed by atoms with Crippen molar-refractivity contribution in [2.45, 2.75) is 67.1 Å². The van der Waals surface area contributed by atoms with Crippen LogP contribution in [0.1, 0.15) is 75.8 Å². The van der Waals surface area contributed by atoms with Crippen molar-refractivity contribution in [2.75, 3.05) is 7.11 Å². The van der Waals surface area contributed by atoms with Crippen molar-refractivity contribution in [1.82, 2.24) is 0 Å². The standard InChI is InChI=1S/C47H44O5S/c1-34-6-14-37(15-7-34)46(48)38-16-22-42(23-17-38)52-43-26-30-45(31-27-43)53(49,50)44-28-12-36(13-29-44)9-8-35-10-18-39(19-11-35)47(32-4-3-5-33-47)40-20-24-41(51-2)25-21-40/h6-7,10-31H,3-5,8-9,32-33H2,1-2H3. The van der Waals surface area contributed by atoms with E-state index in [1.54, 1.807) is 67.8 Å². The van der Waals surface area contributed by atoms with E-state index < -0.39 is 9.84 Å². The monoisotopic (exact) mass is 720 g/mol. The maximum atomic E-state index is 13.5. The smallest absolute Gasteiger partial charge is 0.206 e. The number of carbonyl (C=O) groups excluding carboxylic acids is 1. The number of hydrogen-bond donors (Lipinski definition) is 0. The van der Waals surface area contributed by atoms with Gasteiger partial charge in [0.25, 0.3) is 0 Å². The van der Waals surface area contributed by atoms with Gasteiger partial charge in [-0.1, -0.05) is 97.6 Å². The summed E-state index contributed by atoms with van der Waals surface area (Å²) in [4.78, 5) is 13.3. The molecule has 7 rings (SSSR count). The van der Waals surface area contributed by atoms with Crippen LogP contribution in [0.3, 0.4) is 0 Å². The molecule has 1 fully saturated rings. The molecule has 0 atom stereocenters. The minimum atomic E-state index is -3.71. The second-order valence-electron chi connectivity index (χ2n) is 14.0. The third-order valence-corrected chi connectivity index (χ3v) is 12.4. The number of hydrogen-bond acceptors (Lipinski definition) is 5. The first-order valence-electron chi connectivity index (χ1n) is 18.3. The fraction of sp³-hybridized carbons (Fsp3) is 0.213. The van der Waals surface area contributed by atoms with Gasteiger partial charge >= 0.3 is 0 Å². The van der Waals surface area contributed by atoms with Crippen molar-refractivity contribution in [3.63, 3.8) is 0 Å². The van der Waals surface area contributed by atoms with Gasteiger partial charge in [-0.25, -0.2) is 8.42 Å². The Morgan fingerprint density at radius 1 is 0.547 bits per heavy atom. The molecule has 6 aromatic carbocycles. The normalized spacial score (nSPS) is 14.0. The summed E-state index contributed by atoms with van der Waals surface area (Å²) in [7, 11) is -2.00. The lowest BCUT2D eigenvalue weighted by Crippen LogP contribution is -2.30. The first-order valence-corrected chi connectivity index (χ1v) is 19.8. The number of carbonyl (C=O) groups is 1. The molecule has 0 spiro atoms. The predicted molar refractivity (Wildman–Crippen MR) is 210 cm³/mol. The number of rotatable bonds is 12. The van der Waals surface area contributed by atoms with Gasteiger partial charge in [0.2, 0.25) is 9.84 Å². The molecule has 5 nitrogen and oxygen atoms in total. The fourth-order valence-corrected chi connectivity index (χ4v) is 8.69. The van der Waals surface area contributed by atoms with E-state index in [0.29, 0.717) is 22.6 Å². The van der Waals surface area contributed by atoms with Gasteiger partial charge in [0, 0.05) is 16.5 Å². The van der Waals surface area contributed by atoms with E-state index in [1.165, 1.54) is 36.0 Å². The van der Waals surface area contributed by atoms with Gasteiger partial charge < -0.3 is 9.47 Å². The van der Waals surface area contributed by atoms with Crippen molar-refractivity contribution in [3.05, 3.63) is 185 Å². The van der Waals surface area contributed by atoms with Crippen LogP contribution < -0.4 is 9.47 Å². The number of benzene rings is 6. The molecule has 6 heteroatoms. The molecule has 53 heavy (non-hydrogen) atoms. The Bertz CT molecular complexity index is 2250. The van der Waals surface area contributed by atoms with Crippen LogP contribution in [-0.2, 0) is 28.1 Å². The van der Waals surface area contributed by atoms with Gasteiger partial charge in [-0.05, 0) is 128 Å². The number of ether oxygens (including phenoxy) is 2. The summed E-state index contributed by atoms with van der Waals surface area (Å²) < 4.78 is 38.3. The van der Waals surface area contributed by atoms with Crippen LogP contribution in [-0.4, -0.2) is 21.3 Å². The highest BCUT2D eigenvalue weighted by Crippen LogP contribution is 2.45. The Balaban J connectivity index is 0.957. The van der Waals surface area contributed by atoms with Crippen LogP contribution in [0.2, 0.25) is 0 Å². The van der Waals surface area contributed by atoms with Crippen LogP contribution in [0.5, 0.6) is 17.2 Å². The molecule has 6 aromatic rings. The molecule has 1 aliphatic rings. The zero-order valence-electron chi connectivity index (χ0n) is 30.3. The molecule has 0 aromatic heterocycles. The molecule has 0 unspecified atom stereocenters. The summed E-state index contributed by atoms with van der Waals surface area (Å²) >= 11 is 0. The van der Waals surface area contributed by atoms with Gasteiger partial charge in [0.15, 0.2) is 5.78 Å². The largest absolute Gasteiger partial charge is 0.497 e. The number of ketones is 1. The second-order valence-corrected chi connectivity index (χ2v) is 16.0. The maximum Gasteiger partial charge on any atom is 0.206 e. The summed E-state index contributed by atoms with van der Waals surface area (Å²) in [5, 5.41) is 0. The van der Waals surface area contributed by atoms with Crippen LogP contribution in [0.25, 0.3) is 0 Å². The van der Waals surface area contributed by atoms with E-state index in [0.717, 1.165) is 42.6 Å². The molecule has 1 saturated carbocycles. The van der Waals surface area contributed by atoms with Gasteiger partial charge in [-0.3, -0.25) is 4.79 Å². The fourth-order valence-electron chi connectivity index (χ4n) is 7.43. The molecule has 0 aliphatic heterocycles. The van der Waals surface area contributed by atoms with Gasteiger partial charge in [-0.15, -0.1) is 0 Å². The quantitative estimate of drug-likeness (QED) is 0.118. The molecular weight excluding hydrogens is 677 g/mol. The third kappa shape index (κ3) is 7.98. The SMILES string of the molecule is COc1ccc(C2(c3ccc(CCc4ccc(S(=O)(=O)c5ccc(Oc6ccc(C(=O)c7ccc(C)cc7)cc6)cc5)cc4)cc3)CCCCC2)cc1. The molecule has 0 radical (unpaired) electrons. The van der Waals surface area contributed by atoms with E-state index >= 15 is 0 Å². The van der Waals surface area contributed by atoms with E-state index in [9.17, 15) is 13.2 Å². The van der Waals surface area contributed by atoms with E-state index in [1.807, 2.05) is 43.3 Å². The molecule has 0 bridgehead atoms. The molecule has 1 aliphatic carbocycles. The topological polar surface area (TPSA) is 69.7 Å². The van der Waals surface area contributed by atoms with E-state index in [2.05, 4.69) is 48.5 Å². The summed E-state index contributed by atoms with van der Waals surface area (Å²) in [6, 6.07) is 45.7. The third-order valence-electron chi connectivity index (χ3n) is 10.6. The number of aryl methyl sites for hydroxylation is 3. The molecule has 0 saturated heterocycles. The van der Waals surface area contributed by atoms with Crippen molar-refractivity contribution >= 4 is 15.6 Å². The van der Waals surface area contributed by atoms with E-state index in [-0.39, 0.29) is 21.0 Å². The predicted octanol–water partition coefficient (Wildman–Crippen LogP) is 10.9. The second kappa shape index (κ2) is 15.6. The zero-order valence-corrected chi connectivity index (χ0v) is 31.1. The van der Waals surface area contributed by atoms with Crippen molar-refractivity contribution in [1.29, 1.82) is 0 Å². The number of sulfone groups is 1. The highest BCUT2D eigenvalue weighted by atomic mass is 32.2. The minimum absolute atomic E-state index is 0.0368. The summed E-state index contributed by atoms with van der Waals surface area (Å²) in [5.41, 5.74) is 7.42. The summed E-state index contributed by atoms with van der Waals surface area (Å²) in [6.45, 7) is 1.98. The summed E-state index contributed by atoms with van der Waals surface area (Å²) in [5.74, 6) is 1.88. The Labute approximate surface area is 313 Å². The van der Waals surface area contributed by atoms with Crippen LogP contribution in [0.4, 0.5) is 0 Å². The average Bonchev–Trinajstić information content (AvgIpc) is 3.21. The van der Waals surface area contributed by atoms with Crippen LogP contribution in [0.15, 0.2) is 155 Å². The van der Waals surface area contributed by atoms with Crippen LogP contribution in [0, 0.1) is 6.92 Å². The number of methoxy groups -OCH3 is 1. The maximum absolute atomic E-state index is 13.5. The molecule has 268 valence electrons. The lowest BCUT2D eigenvalue weighted by Gasteiger charge is -2.39. The Morgan fingerprint density at radius 2 is 0.962 bits per heavy atom. The van der Waals surface area contributed by atoms with E-state index in [4.69, 9.17) is 9.47 Å².